The molecule has 0 fully saturated rings. The van der Waals surface area contributed by atoms with E-state index in [1.807, 2.05) is 0 Å². The molecule has 1 N–H and O–H groups in total. The smallest absolute Gasteiger partial charge is 0.371 e. The quantitative estimate of drug-likeness (QED) is 0.838. The Kier molecular flexibility index (Phi) is 4.16. The van der Waals surface area contributed by atoms with Crippen LogP contribution in [0.1, 0.15) is 43.0 Å². The van der Waals surface area contributed by atoms with Gasteiger partial charge in [0.1, 0.15) is 0 Å². The zero-order valence-corrected chi connectivity index (χ0v) is 11.9. The number of carboxylic acids is 1. The molecule has 4 nitrogen and oxygen atoms in total. The Bertz CT molecular complexity index is 389. The molecule has 17 heavy (non-hydrogen) atoms. The molecule has 1 radical (unpaired) electrons. The first-order valence-electron chi connectivity index (χ1n) is 5.50. The Labute approximate surface area is 103 Å². The minimum absolute atomic E-state index is 0.0428. The zero-order valence-electron chi connectivity index (χ0n) is 10.9. The van der Waals surface area contributed by atoms with Gasteiger partial charge < -0.3 is 13.9 Å². The predicted molar refractivity (Wildman–Crippen MR) is 66.4 cm³/mol. The summed E-state index contributed by atoms with van der Waals surface area (Å²) in [6.45, 7) is 10.3. The fraction of sp³-hybridized carbons (Fsp3) is 0.583. The summed E-state index contributed by atoms with van der Waals surface area (Å²) in [5.74, 6) is -1.10. The van der Waals surface area contributed by atoms with Gasteiger partial charge in [0.25, 0.3) is 0 Å². The molecule has 0 spiro atoms. The zero-order chi connectivity index (χ0) is 13.2. The molecule has 5 heteroatoms. The predicted octanol–water partition coefficient (Wildman–Crippen LogP) is 3.33. The second kappa shape index (κ2) is 5.06. The summed E-state index contributed by atoms with van der Waals surface area (Å²) in [5, 5.41) is 8.84. The van der Waals surface area contributed by atoms with Crippen LogP contribution in [0.3, 0.4) is 0 Å². The third-order valence-corrected chi connectivity index (χ3v) is 2.98. The standard InChI is InChI=1S/C12H19O4Si/c1-12(2,3)10(16-17(4)5)8-6-9(11(13)14)15-7-8/h6-7,10H,1-5H3,(H,13,14). The number of carboxylic acid groups (broad SMARTS) is 1. The van der Waals surface area contributed by atoms with Crippen LogP contribution < -0.4 is 0 Å². The maximum Gasteiger partial charge on any atom is 0.371 e. The average molecular weight is 255 g/mol. The minimum atomic E-state index is -1.05. The molecule has 0 aliphatic carbocycles. The van der Waals surface area contributed by atoms with Gasteiger partial charge in [-0.2, -0.15) is 0 Å². The van der Waals surface area contributed by atoms with Gasteiger partial charge in [-0.1, -0.05) is 20.8 Å². The van der Waals surface area contributed by atoms with E-state index in [9.17, 15) is 4.79 Å². The highest BCUT2D eigenvalue weighted by Gasteiger charge is 2.30. The van der Waals surface area contributed by atoms with E-state index in [2.05, 4.69) is 33.9 Å². The monoisotopic (exact) mass is 255 g/mol. The number of hydrogen-bond acceptors (Lipinski definition) is 3. The van der Waals surface area contributed by atoms with Crippen molar-refractivity contribution in [2.45, 2.75) is 40.0 Å². The number of carbonyl (C=O) groups is 1. The highest BCUT2D eigenvalue weighted by molar-refractivity contribution is 6.48. The first kappa shape index (κ1) is 14.0. The van der Waals surface area contributed by atoms with Gasteiger partial charge in [0, 0.05) is 5.56 Å². The summed E-state index contributed by atoms with van der Waals surface area (Å²) < 4.78 is 11.0. The molecule has 1 aromatic heterocycles. The van der Waals surface area contributed by atoms with Crippen LogP contribution in [0.25, 0.3) is 0 Å². The SMILES string of the molecule is C[Si](C)OC(c1coc(C(=O)O)c1)C(C)(C)C. The second-order valence-corrected chi connectivity index (χ2v) is 7.37. The molecule has 0 aliphatic heterocycles. The van der Waals surface area contributed by atoms with Crippen LogP contribution >= 0.6 is 0 Å². The van der Waals surface area contributed by atoms with E-state index in [1.165, 1.54) is 6.26 Å². The molecule has 0 aliphatic rings. The Balaban J connectivity index is 3.00. The Hall–Kier alpha value is -1.07. The van der Waals surface area contributed by atoms with E-state index in [0.717, 1.165) is 5.56 Å². The third-order valence-electron chi connectivity index (χ3n) is 2.27. The fourth-order valence-electron chi connectivity index (χ4n) is 1.58. The topological polar surface area (TPSA) is 59.7 Å². The van der Waals surface area contributed by atoms with Crippen molar-refractivity contribution in [2.75, 3.05) is 0 Å². The molecular weight excluding hydrogens is 236 g/mol. The molecule has 0 aromatic carbocycles. The first-order chi connectivity index (χ1) is 7.71. The first-order valence-corrected chi connectivity index (χ1v) is 7.91. The van der Waals surface area contributed by atoms with Gasteiger partial charge in [-0.05, 0) is 24.6 Å². The maximum absolute atomic E-state index is 10.8. The molecule has 0 amide bonds. The highest BCUT2D eigenvalue weighted by atomic mass is 28.3. The lowest BCUT2D eigenvalue weighted by Gasteiger charge is -2.31. The maximum atomic E-state index is 10.8. The lowest BCUT2D eigenvalue weighted by molar-refractivity contribution is 0.0662. The van der Waals surface area contributed by atoms with Gasteiger partial charge in [-0.3, -0.25) is 0 Å². The van der Waals surface area contributed by atoms with Gasteiger partial charge in [-0.25, -0.2) is 4.79 Å². The van der Waals surface area contributed by atoms with Gasteiger partial charge in [-0.15, -0.1) is 0 Å². The molecule has 1 unspecified atom stereocenters. The molecule has 95 valence electrons. The van der Waals surface area contributed by atoms with Crippen LogP contribution in [0.4, 0.5) is 0 Å². The van der Waals surface area contributed by atoms with Crippen molar-refractivity contribution in [3.05, 3.63) is 23.7 Å². The summed E-state index contributed by atoms with van der Waals surface area (Å²) >= 11 is 0. The van der Waals surface area contributed by atoms with Gasteiger partial charge in [0.15, 0.2) is 0 Å². The minimum Gasteiger partial charge on any atom is -0.475 e. The van der Waals surface area contributed by atoms with E-state index in [0.29, 0.717) is 0 Å². The van der Waals surface area contributed by atoms with Crippen LogP contribution in [0, 0.1) is 5.41 Å². The van der Waals surface area contributed by atoms with Crippen molar-refractivity contribution >= 4 is 15.0 Å². The molecular formula is C12H19O4Si. The van der Waals surface area contributed by atoms with Crippen LogP contribution in [0.15, 0.2) is 16.7 Å². The van der Waals surface area contributed by atoms with Crippen molar-refractivity contribution in [1.29, 1.82) is 0 Å². The Morgan fingerprint density at radius 3 is 2.41 bits per heavy atom. The van der Waals surface area contributed by atoms with Crippen LogP contribution in [0.5, 0.6) is 0 Å². The summed E-state index contributed by atoms with van der Waals surface area (Å²) in [6.07, 6.45) is 1.34. The van der Waals surface area contributed by atoms with Crippen molar-refractivity contribution < 1.29 is 18.7 Å². The molecule has 1 aromatic rings. The second-order valence-electron chi connectivity index (χ2n) is 5.32. The van der Waals surface area contributed by atoms with E-state index in [1.54, 1.807) is 6.07 Å². The lowest BCUT2D eigenvalue weighted by Crippen LogP contribution is -2.25. The molecule has 1 rings (SSSR count). The molecule has 1 atom stereocenters. The number of rotatable bonds is 4. The molecule has 0 bridgehead atoms. The molecule has 0 saturated carbocycles. The molecule has 0 saturated heterocycles. The van der Waals surface area contributed by atoms with E-state index in [-0.39, 0.29) is 17.3 Å². The van der Waals surface area contributed by atoms with Crippen LogP contribution in [-0.2, 0) is 4.43 Å². The van der Waals surface area contributed by atoms with E-state index >= 15 is 0 Å². The van der Waals surface area contributed by atoms with Crippen LogP contribution in [-0.4, -0.2) is 20.1 Å². The van der Waals surface area contributed by atoms with E-state index < -0.39 is 15.0 Å². The largest absolute Gasteiger partial charge is 0.475 e. The van der Waals surface area contributed by atoms with E-state index in [4.69, 9.17) is 13.9 Å². The normalized spacial score (nSPS) is 14.0. The van der Waals surface area contributed by atoms with Gasteiger partial charge in [0.2, 0.25) is 14.8 Å². The summed E-state index contributed by atoms with van der Waals surface area (Å²) in [7, 11) is -0.863. The van der Waals surface area contributed by atoms with Crippen molar-refractivity contribution in [3.8, 4) is 0 Å². The van der Waals surface area contributed by atoms with Gasteiger partial charge >= 0.3 is 5.97 Å². The number of furan rings is 1. The average Bonchev–Trinajstić information content (AvgIpc) is 2.60. The fourth-order valence-corrected chi connectivity index (χ4v) is 2.54. The Morgan fingerprint density at radius 1 is 1.47 bits per heavy atom. The van der Waals surface area contributed by atoms with Crippen LogP contribution in [0.2, 0.25) is 13.1 Å². The summed E-state index contributed by atoms with van der Waals surface area (Å²) in [6, 6.07) is 1.54. The molecule has 1 heterocycles. The Morgan fingerprint density at radius 2 is 2.06 bits per heavy atom. The lowest BCUT2D eigenvalue weighted by atomic mass is 9.86. The van der Waals surface area contributed by atoms with Crippen molar-refractivity contribution in [1.82, 2.24) is 0 Å². The third kappa shape index (κ3) is 3.71. The number of hydrogen-bond donors (Lipinski definition) is 1. The summed E-state index contributed by atoms with van der Waals surface area (Å²) in [5.41, 5.74) is 0.697. The van der Waals surface area contributed by atoms with Crippen molar-refractivity contribution in [3.63, 3.8) is 0 Å². The summed E-state index contributed by atoms with van der Waals surface area (Å²) in [4.78, 5) is 10.8. The highest BCUT2D eigenvalue weighted by Crippen LogP contribution is 2.37. The van der Waals surface area contributed by atoms with Crippen molar-refractivity contribution in [2.24, 2.45) is 5.41 Å². The number of aromatic carboxylic acids is 1. The van der Waals surface area contributed by atoms with Gasteiger partial charge in [0.05, 0.1) is 12.4 Å².